The molecule has 0 saturated carbocycles. The molecule has 2 atom stereocenters. The van der Waals surface area contributed by atoms with Crippen molar-refractivity contribution in [2.75, 3.05) is 6.54 Å². The number of hydrogen-bond acceptors (Lipinski definition) is 1. The number of nitrogens with one attached hydrogen (secondary N) is 1. The van der Waals surface area contributed by atoms with E-state index in [2.05, 4.69) is 21.2 Å². The summed E-state index contributed by atoms with van der Waals surface area (Å²) in [6.45, 7) is 0.914. The fraction of sp³-hybridized carbons (Fsp3) is 0.455. The number of alkyl halides is 1. The Balaban J connectivity index is 2.20. The summed E-state index contributed by atoms with van der Waals surface area (Å²) >= 11 is 3.40. The lowest BCUT2D eigenvalue weighted by Crippen LogP contribution is -2.35. The first-order valence-electron chi connectivity index (χ1n) is 4.90. The van der Waals surface area contributed by atoms with E-state index in [0.29, 0.717) is 6.42 Å². The third-order valence-electron chi connectivity index (χ3n) is 2.59. The highest BCUT2D eigenvalue weighted by Crippen LogP contribution is 2.27. The van der Waals surface area contributed by atoms with Crippen molar-refractivity contribution in [2.45, 2.75) is 25.1 Å². The maximum absolute atomic E-state index is 13.6. The topological polar surface area (TPSA) is 12.0 Å². The first kappa shape index (κ1) is 10.1. The molecule has 0 amide bonds. The average Bonchev–Trinajstić information content (AvgIpc) is 2.18. The van der Waals surface area contributed by atoms with Gasteiger partial charge in [-0.25, -0.2) is 4.39 Å². The molecule has 1 fully saturated rings. The van der Waals surface area contributed by atoms with Gasteiger partial charge in [-0.05, 0) is 37.1 Å². The van der Waals surface area contributed by atoms with Crippen LogP contribution in [-0.4, -0.2) is 12.7 Å². The van der Waals surface area contributed by atoms with Gasteiger partial charge in [0.25, 0.3) is 0 Å². The van der Waals surface area contributed by atoms with Crippen LogP contribution in [0, 0.1) is 0 Å². The Morgan fingerprint density at radius 2 is 2.29 bits per heavy atom. The maximum atomic E-state index is 13.6. The standard InChI is InChI=1S/C11H13BrFN/c12-9-4-1-3-8(7-9)11-10(13)5-2-6-14-11/h1,3-4,7,10-11,14H,2,5-6H2. The lowest BCUT2D eigenvalue weighted by atomic mass is 9.96. The van der Waals surface area contributed by atoms with Crippen LogP contribution >= 0.6 is 15.9 Å². The van der Waals surface area contributed by atoms with Crippen molar-refractivity contribution in [3.63, 3.8) is 0 Å². The summed E-state index contributed by atoms with van der Waals surface area (Å²) < 4.78 is 14.6. The van der Waals surface area contributed by atoms with Crippen molar-refractivity contribution in [3.05, 3.63) is 34.3 Å². The molecule has 14 heavy (non-hydrogen) atoms. The Bertz CT molecular complexity index is 316. The first-order chi connectivity index (χ1) is 6.77. The van der Waals surface area contributed by atoms with Gasteiger partial charge in [0, 0.05) is 4.47 Å². The lowest BCUT2D eigenvalue weighted by molar-refractivity contribution is 0.201. The van der Waals surface area contributed by atoms with E-state index in [9.17, 15) is 4.39 Å². The molecule has 0 aliphatic carbocycles. The third kappa shape index (κ3) is 2.15. The largest absolute Gasteiger partial charge is 0.308 e. The average molecular weight is 258 g/mol. The lowest BCUT2D eigenvalue weighted by Gasteiger charge is -2.27. The normalized spacial score (nSPS) is 27.6. The molecule has 3 heteroatoms. The van der Waals surface area contributed by atoms with Crippen LogP contribution in [0.5, 0.6) is 0 Å². The third-order valence-corrected chi connectivity index (χ3v) is 3.08. The summed E-state index contributed by atoms with van der Waals surface area (Å²) in [6, 6.07) is 7.74. The van der Waals surface area contributed by atoms with E-state index in [4.69, 9.17) is 0 Å². The Morgan fingerprint density at radius 3 is 3.00 bits per heavy atom. The van der Waals surface area contributed by atoms with E-state index < -0.39 is 6.17 Å². The molecule has 2 unspecified atom stereocenters. The predicted octanol–water partition coefficient (Wildman–Crippen LogP) is 3.21. The first-order valence-corrected chi connectivity index (χ1v) is 5.69. The van der Waals surface area contributed by atoms with E-state index in [1.54, 1.807) is 0 Å². The Hall–Kier alpha value is -0.410. The second kappa shape index (κ2) is 4.41. The second-order valence-corrected chi connectivity index (χ2v) is 4.56. The highest BCUT2D eigenvalue weighted by atomic mass is 79.9. The molecule has 0 bridgehead atoms. The summed E-state index contributed by atoms with van der Waals surface area (Å²) in [5, 5.41) is 3.22. The van der Waals surface area contributed by atoms with Gasteiger partial charge in [-0.3, -0.25) is 0 Å². The zero-order chi connectivity index (χ0) is 9.97. The monoisotopic (exact) mass is 257 g/mol. The molecule has 1 aliphatic rings. The number of piperidine rings is 1. The highest BCUT2D eigenvalue weighted by Gasteiger charge is 2.25. The minimum Gasteiger partial charge on any atom is -0.308 e. The summed E-state index contributed by atoms with van der Waals surface area (Å²) in [5.41, 5.74) is 1.03. The van der Waals surface area contributed by atoms with E-state index in [0.717, 1.165) is 23.0 Å². The number of benzene rings is 1. The minimum absolute atomic E-state index is 0.124. The molecule has 1 saturated heterocycles. The molecule has 1 heterocycles. The molecule has 2 rings (SSSR count). The Morgan fingerprint density at radius 1 is 1.43 bits per heavy atom. The summed E-state index contributed by atoms with van der Waals surface area (Å²) in [5.74, 6) is 0. The van der Waals surface area contributed by atoms with Crippen molar-refractivity contribution in [1.82, 2.24) is 5.32 Å². The van der Waals surface area contributed by atoms with Crippen LogP contribution in [0.25, 0.3) is 0 Å². The van der Waals surface area contributed by atoms with Crippen LogP contribution in [0.1, 0.15) is 24.4 Å². The molecule has 1 nitrogen and oxygen atoms in total. The number of halogens is 2. The van der Waals surface area contributed by atoms with Crippen LogP contribution in [-0.2, 0) is 0 Å². The van der Waals surface area contributed by atoms with Crippen molar-refractivity contribution >= 4 is 15.9 Å². The van der Waals surface area contributed by atoms with Gasteiger partial charge in [0.15, 0.2) is 0 Å². The molecule has 0 radical (unpaired) electrons. The summed E-state index contributed by atoms with van der Waals surface area (Å²) in [4.78, 5) is 0. The van der Waals surface area contributed by atoms with Crippen LogP contribution in [0.4, 0.5) is 4.39 Å². The van der Waals surface area contributed by atoms with Gasteiger partial charge < -0.3 is 5.32 Å². The molecule has 1 N–H and O–H groups in total. The van der Waals surface area contributed by atoms with E-state index in [1.807, 2.05) is 24.3 Å². The smallest absolute Gasteiger partial charge is 0.120 e. The Labute approximate surface area is 91.8 Å². The minimum atomic E-state index is -0.752. The quantitative estimate of drug-likeness (QED) is 0.815. The van der Waals surface area contributed by atoms with Gasteiger partial charge in [-0.15, -0.1) is 0 Å². The van der Waals surface area contributed by atoms with Gasteiger partial charge in [0.1, 0.15) is 6.17 Å². The van der Waals surface area contributed by atoms with Crippen LogP contribution in [0.2, 0.25) is 0 Å². The molecule has 1 aromatic carbocycles. The molecule has 1 aromatic rings. The molecule has 76 valence electrons. The van der Waals surface area contributed by atoms with E-state index in [-0.39, 0.29) is 6.04 Å². The van der Waals surface area contributed by atoms with Crippen molar-refractivity contribution < 1.29 is 4.39 Å². The van der Waals surface area contributed by atoms with E-state index in [1.165, 1.54) is 0 Å². The molecule has 0 spiro atoms. The van der Waals surface area contributed by atoms with Crippen LogP contribution in [0.3, 0.4) is 0 Å². The molecule has 1 aliphatic heterocycles. The van der Waals surface area contributed by atoms with Crippen molar-refractivity contribution in [2.24, 2.45) is 0 Å². The number of rotatable bonds is 1. The van der Waals surface area contributed by atoms with Gasteiger partial charge >= 0.3 is 0 Å². The van der Waals surface area contributed by atoms with Crippen LogP contribution < -0.4 is 5.32 Å². The zero-order valence-electron chi connectivity index (χ0n) is 7.84. The molecular formula is C11H13BrFN. The van der Waals surface area contributed by atoms with Gasteiger partial charge in [-0.1, -0.05) is 28.1 Å². The molecular weight excluding hydrogens is 245 g/mol. The summed E-state index contributed by atoms with van der Waals surface area (Å²) in [7, 11) is 0. The predicted molar refractivity (Wildman–Crippen MR) is 59.0 cm³/mol. The fourth-order valence-electron chi connectivity index (χ4n) is 1.88. The second-order valence-electron chi connectivity index (χ2n) is 3.65. The van der Waals surface area contributed by atoms with Gasteiger partial charge in [0.05, 0.1) is 6.04 Å². The number of hydrogen-bond donors (Lipinski definition) is 1. The summed E-state index contributed by atoms with van der Waals surface area (Å²) in [6.07, 6.45) is 0.855. The van der Waals surface area contributed by atoms with Gasteiger partial charge in [-0.2, -0.15) is 0 Å². The Kier molecular flexibility index (Phi) is 3.19. The van der Waals surface area contributed by atoms with Crippen molar-refractivity contribution in [1.29, 1.82) is 0 Å². The zero-order valence-corrected chi connectivity index (χ0v) is 9.43. The molecule has 0 aromatic heterocycles. The van der Waals surface area contributed by atoms with Crippen LogP contribution in [0.15, 0.2) is 28.7 Å². The fourth-order valence-corrected chi connectivity index (χ4v) is 2.29. The van der Waals surface area contributed by atoms with Gasteiger partial charge in [0.2, 0.25) is 0 Å². The highest BCUT2D eigenvalue weighted by molar-refractivity contribution is 9.10. The van der Waals surface area contributed by atoms with E-state index >= 15 is 0 Å². The SMILES string of the molecule is FC1CCCNC1c1cccc(Br)c1. The van der Waals surface area contributed by atoms with Crippen molar-refractivity contribution in [3.8, 4) is 0 Å². The maximum Gasteiger partial charge on any atom is 0.120 e.